The Hall–Kier alpha value is -3.75. The van der Waals surface area contributed by atoms with Gasteiger partial charge < -0.3 is 16.4 Å². The number of rotatable bonds is 4. The third-order valence-corrected chi connectivity index (χ3v) is 6.03. The molecule has 31 heavy (non-hydrogen) atoms. The maximum absolute atomic E-state index is 13.0. The van der Waals surface area contributed by atoms with E-state index in [4.69, 9.17) is 17.3 Å². The second-order valence-electron chi connectivity index (χ2n) is 6.73. The zero-order valence-corrected chi connectivity index (χ0v) is 17.5. The molecule has 0 fully saturated rings. The van der Waals surface area contributed by atoms with Crippen LogP contribution in [0.1, 0.15) is 10.4 Å². The molecular weight excluding hydrogens is 432 g/mol. The molecule has 7 nitrogen and oxygen atoms in total. The van der Waals surface area contributed by atoms with E-state index in [2.05, 4.69) is 25.6 Å². The van der Waals surface area contributed by atoms with Crippen molar-refractivity contribution in [2.45, 2.75) is 0 Å². The number of hydrogen-bond donors (Lipinski definition) is 3. The van der Waals surface area contributed by atoms with Crippen LogP contribution in [-0.4, -0.2) is 20.9 Å². The molecule has 152 valence electrons. The molecule has 0 aliphatic carbocycles. The van der Waals surface area contributed by atoms with Crippen LogP contribution in [0.4, 0.5) is 23.0 Å². The Balaban J connectivity index is 1.49. The molecule has 0 radical (unpaired) electrons. The molecule has 0 bridgehead atoms. The first-order valence-electron chi connectivity index (χ1n) is 9.29. The number of amides is 1. The van der Waals surface area contributed by atoms with Gasteiger partial charge in [-0.2, -0.15) is 0 Å². The first-order valence-corrected chi connectivity index (χ1v) is 10.6. The van der Waals surface area contributed by atoms with Gasteiger partial charge in [-0.25, -0.2) is 15.0 Å². The molecule has 0 saturated carbocycles. The van der Waals surface area contributed by atoms with Crippen LogP contribution in [0.5, 0.6) is 0 Å². The minimum Gasteiger partial charge on any atom is -0.382 e. The van der Waals surface area contributed by atoms with E-state index in [1.165, 1.54) is 17.7 Å². The van der Waals surface area contributed by atoms with Gasteiger partial charge >= 0.3 is 0 Å². The quantitative estimate of drug-likeness (QED) is 0.338. The van der Waals surface area contributed by atoms with E-state index in [1.54, 1.807) is 11.6 Å². The number of nitrogens with one attached hydrogen (secondary N) is 2. The van der Waals surface area contributed by atoms with Crippen LogP contribution in [0.2, 0.25) is 5.02 Å². The summed E-state index contributed by atoms with van der Waals surface area (Å²) in [5.74, 6) is 0.779. The van der Waals surface area contributed by atoms with Crippen LogP contribution in [0.25, 0.3) is 21.0 Å². The summed E-state index contributed by atoms with van der Waals surface area (Å²) in [6, 6.07) is 14.9. The third kappa shape index (κ3) is 3.63. The second-order valence-corrected chi connectivity index (χ2v) is 8.05. The van der Waals surface area contributed by atoms with Gasteiger partial charge in [-0.05, 0) is 36.4 Å². The maximum atomic E-state index is 13.0. The lowest BCUT2D eigenvalue weighted by molar-refractivity contribution is 0.102. The number of carbonyl (C=O) groups excluding carboxylic acids is 1. The predicted molar refractivity (Wildman–Crippen MR) is 126 cm³/mol. The Morgan fingerprint density at radius 1 is 1.00 bits per heavy atom. The number of nitrogens with zero attached hydrogens (tertiary/aromatic N) is 3. The fraction of sp³-hybridized carbons (Fsp3) is 0. The van der Waals surface area contributed by atoms with Crippen molar-refractivity contribution in [3.05, 3.63) is 77.0 Å². The molecule has 0 atom stereocenters. The minimum atomic E-state index is -0.263. The van der Waals surface area contributed by atoms with Crippen LogP contribution < -0.4 is 16.4 Å². The molecule has 9 heteroatoms. The zero-order chi connectivity index (χ0) is 21.4. The van der Waals surface area contributed by atoms with Gasteiger partial charge in [-0.3, -0.25) is 4.79 Å². The van der Waals surface area contributed by atoms with E-state index in [0.717, 1.165) is 16.5 Å². The summed E-state index contributed by atoms with van der Waals surface area (Å²) in [5, 5.41) is 10.4. The molecule has 5 rings (SSSR count). The molecule has 1 amide bonds. The number of hydrogen-bond acceptors (Lipinski definition) is 7. The summed E-state index contributed by atoms with van der Waals surface area (Å²) in [6.07, 6.45) is 3.06. The highest BCUT2D eigenvalue weighted by atomic mass is 35.5. The molecule has 3 aromatic heterocycles. The number of pyridine rings is 1. The first kappa shape index (κ1) is 19.2. The average molecular weight is 447 g/mol. The van der Waals surface area contributed by atoms with Crippen molar-refractivity contribution in [3.63, 3.8) is 0 Å². The SMILES string of the molecule is Nc1ncnc2c(C(=O)Nc3cccc4c(Nc5ccc(Cl)cc5)nccc34)csc12. The Bertz CT molecular complexity index is 1430. The number of anilines is 4. The number of benzene rings is 2. The largest absolute Gasteiger partial charge is 0.382 e. The fourth-order valence-corrected chi connectivity index (χ4v) is 4.33. The molecule has 0 aliphatic heterocycles. The maximum Gasteiger partial charge on any atom is 0.258 e. The smallest absolute Gasteiger partial charge is 0.258 e. The summed E-state index contributed by atoms with van der Waals surface area (Å²) in [4.78, 5) is 25.7. The van der Waals surface area contributed by atoms with Crippen molar-refractivity contribution >= 4 is 72.8 Å². The number of fused-ring (bicyclic) bond motifs is 2. The standard InChI is InChI=1S/C22H15ClN6OS/c23-12-4-6-13(7-5-12)28-21-15-2-1-3-17(14(15)8-9-25-21)29-22(30)16-10-31-19-18(16)26-11-27-20(19)24/h1-11H,(H,25,28)(H,29,30)(H2,24,26,27). The highest BCUT2D eigenvalue weighted by Gasteiger charge is 2.17. The molecule has 0 saturated heterocycles. The number of carbonyl (C=O) groups is 1. The van der Waals surface area contributed by atoms with E-state index >= 15 is 0 Å². The predicted octanol–water partition coefficient (Wildman–Crippen LogP) is 5.47. The van der Waals surface area contributed by atoms with E-state index in [9.17, 15) is 4.79 Å². The fourth-order valence-electron chi connectivity index (χ4n) is 3.31. The minimum absolute atomic E-state index is 0.263. The van der Waals surface area contributed by atoms with Crippen LogP contribution in [0.15, 0.2) is 66.4 Å². The van der Waals surface area contributed by atoms with Crippen LogP contribution >= 0.6 is 22.9 Å². The molecule has 0 spiro atoms. The van der Waals surface area contributed by atoms with Gasteiger partial charge in [-0.1, -0.05) is 23.7 Å². The molecule has 3 heterocycles. The van der Waals surface area contributed by atoms with Crippen LogP contribution in [0.3, 0.4) is 0 Å². The Morgan fingerprint density at radius 2 is 1.84 bits per heavy atom. The van der Waals surface area contributed by atoms with Crippen molar-refractivity contribution in [1.29, 1.82) is 0 Å². The van der Waals surface area contributed by atoms with Gasteiger partial charge in [0, 0.05) is 38.7 Å². The Morgan fingerprint density at radius 3 is 2.68 bits per heavy atom. The Kier molecular flexibility index (Phi) is 4.85. The third-order valence-electron chi connectivity index (χ3n) is 4.79. The lowest BCUT2D eigenvalue weighted by atomic mass is 10.1. The number of halogens is 1. The van der Waals surface area contributed by atoms with Crippen LogP contribution in [0, 0.1) is 0 Å². The summed E-state index contributed by atoms with van der Waals surface area (Å²) in [7, 11) is 0. The molecule has 5 aromatic rings. The molecule has 0 unspecified atom stereocenters. The van der Waals surface area contributed by atoms with Gasteiger partial charge in [0.15, 0.2) is 0 Å². The Labute approximate surface area is 185 Å². The number of nitrogens with two attached hydrogens (primary N) is 1. The normalized spacial score (nSPS) is 11.0. The molecular formula is C22H15ClN6OS. The van der Waals surface area contributed by atoms with Gasteiger partial charge in [-0.15, -0.1) is 11.3 Å². The summed E-state index contributed by atoms with van der Waals surface area (Å²) in [6.45, 7) is 0. The van der Waals surface area contributed by atoms with Crippen molar-refractivity contribution in [2.75, 3.05) is 16.4 Å². The molecule has 2 aromatic carbocycles. The number of nitrogen functional groups attached to an aromatic ring is 1. The lowest BCUT2D eigenvalue weighted by Crippen LogP contribution is -2.12. The van der Waals surface area contributed by atoms with E-state index in [1.807, 2.05) is 48.5 Å². The van der Waals surface area contributed by atoms with Gasteiger partial charge in [0.2, 0.25) is 0 Å². The average Bonchev–Trinajstić information content (AvgIpc) is 3.22. The number of thiophene rings is 1. The first-order chi connectivity index (χ1) is 15.1. The monoisotopic (exact) mass is 446 g/mol. The van der Waals surface area contributed by atoms with Gasteiger partial charge in [0.25, 0.3) is 5.91 Å². The highest BCUT2D eigenvalue weighted by molar-refractivity contribution is 7.18. The summed E-state index contributed by atoms with van der Waals surface area (Å²) >= 11 is 7.32. The van der Waals surface area contributed by atoms with E-state index in [-0.39, 0.29) is 5.91 Å². The lowest BCUT2D eigenvalue weighted by Gasteiger charge is -2.12. The zero-order valence-electron chi connectivity index (χ0n) is 16.0. The molecule has 0 aliphatic rings. The summed E-state index contributed by atoms with van der Waals surface area (Å²) in [5.41, 5.74) is 8.43. The highest BCUT2D eigenvalue weighted by Crippen LogP contribution is 2.32. The van der Waals surface area contributed by atoms with Gasteiger partial charge in [0.1, 0.15) is 18.0 Å². The topological polar surface area (TPSA) is 106 Å². The summed E-state index contributed by atoms with van der Waals surface area (Å²) < 4.78 is 0.698. The van der Waals surface area contributed by atoms with Crippen molar-refractivity contribution in [2.24, 2.45) is 0 Å². The van der Waals surface area contributed by atoms with Crippen molar-refractivity contribution in [3.8, 4) is 0 Å². The molecule has 4 N–H and O–H groups in total. The van der Waals surface area contributed by atoms with Crippen molar-refractivity contribution < 1.29 is 4.79 Å². The van der Waals surface area contributed by atoms with Gasteiger partial charge in [0.05, 0.1) is 15.8 Å². The number of aromatic nitrogens is 3. The van der Waals surface area contributed by atoms with E-state index < -0.39 is 0 Å². The van der Waals surface area contributed by atoms with Crippen molar-refractivity contribution in [1.82, 2.24) is 15.0 Å². The van der Waals surface area contributed by atoms with Crippen LogP contribution in [-0.2, 0) is 0 Å². The van der Waals surface area contributed by atoms with E-state index in [0.29, 0.717) is 38.1 Å². The second kappa shape index (κ2) is 7.82.